The van der Waals surface area contributed by atoms with Gasteiger partial charge in [-0.1, -0.05) is 47.2 Å². The minimum Gasteiger partial charge on any atom is -0.342 e. The van der Waals surface area contributed by atoms with Crippen LogP contribution in [0.1, 0.15) is 58.3 Å². The Balaban J connectivity index is 1.64. The van der Waals surface area contributed by atoms with Gasteiger partial charge in [0.15, 0.2) is 11.0 Å². The molecular formula is C25H31N5O2S. The highest BCUT2D eigenvalue weighted by atomic mass is 32.2. The molecule has 0 aliphatic rings. The van der Waals surface area contributed by atoms with E-state index in [9.17, 15) is 9.59 Å². The normalized spacial score (nSPS) is 11.8. The second-order valence-corrected chi connectivity index (χ2v) is 9.20. The van der Waals surface area contributed by atoms with Gasteiger partial charge in [0.05, 0.1) is 11.8 Å². The SMILES string of the molecule is CCn1c(SCC(=O)Nc2c(C)cc(C)cc2C)nnc1[C@@H](C)NC(=O)c1ccc(C)cc1. The van der Waals surface area contributed by atoms with Gasteiger partial charge in [-0.05, 0) is 64.8 Å². The van der Waals surface area contributed by atoms with Crippen molar-refractivity contribution in [3.8, 4) is 0 Å². The maximum absolute atomic E-state index is 12.6. The molecule has 0 unspecified atom stereocenters. The summed E-state index contributed by atoms with van der Waals surface area (Å²) in [4.78, 5) is 25.2. The smallest absolute Gasteiger partial charge is 0.251 e. The lowest BCUT2D eigenvalue weighted by Crippen LogP contribution is -2.28. The van der Waals surface area contributed by atoms with Crippen LogP contribution in [-0.4, -0.2) is 32.3 Å². The molecule has 33 heavy (non-hydrogen) atoms. The van der Waals surface area contributed by atoms with Crippen molar-refractivity contribution in [1.82, 2.24) is 20.1 Å². The maximum Gasteiger partial charge on any atom is 0.251 e. The zero-order chi connectivity index (χ0) is 24.1. The third-order valence-electron chi connectivity index (χ3n) is 5.38. The van der Waals surface area contributed by atoms with Gasteiger partial charge >= 0.3 is 0 Å². The first-order valence-electron chi connectivity index (χ1n) is 11.0. The molecule has 174 valence electrons. The van der Waals surface area contributed by atoms with Crippen LogP contribution >= 0.6 is 11.8 Å². The second kappa shape index (κ2) is 10.7. The summed E-state index contributed by atoms with van der Waals surface area (Å²) < 4.78 is 1.93. The number of aryl methyl sites for hydroxylation is 4. The molecule has 1 aromatic heterocycles. The predicted octanol–water partition coefficient (Wildman–Crippen LogP) is 4.75. The van der Waals surface area contributed by atoms with Crippen molar-refractivity contribution in [2.45, 2.75) is 59.3 Å². The fourth-order valence-corrected chi connectivity index (χ4v) is 4.57. The summed E-state index contributed by atoms with van der Waals surface area (Å²) >= 11 is 1.33. The van der Waals surface area contributed by atoms with E-state index in [0.29, 0.717) is 23.1 Å². The van der Waals surface area contributed by atoms with Crippen molar-refractivity contribution in [1.29, 1.82) is 0 Å². The number of nitrogens with zero attached hydrogens (tertiary/aromatic N) is 3. The monoisotopic (exact) mass is 465 g/mol. The number of benzene rings is 2. The highest BCUT2D eigenvalue weighted by Crippen LogP contribution is 2.24. The van der Waals surface area contributed by atoms with Gasteiger partial charge in [-0.3, -0.25) is 9.59 Å². The van der Waals surface area contributed by atoms with E-state index in [-0.39, 0.29) is 23.6 Å². The minimum absolute atomic E-state index is 0.0945. The van der Waals surface area contributed by atoms with Gasteiger partial charge in [-0.15, -0.1) is 10.2 Å². The first kappa shape index (κ1) is 24.5. The number of nitrogens with one attached hydrogen (secondary N) is 2. The van der Waals surface area contributed by atoms with Crippen molar-refractivity contribution in [3.05, 3.63) is 70.0 Å². The average Bonchev–Trinajstić information content (AvgIpc) is 3.18. The number of carbonyl (C=O) groups is 2. The van der Waals surface area contributed by atoms with Gasteiger partial charge in [0, 0.05) is 17.8 Å². The van der Waals surface area contributed by atoms with E-state index in [0.717, 1.165) is 22.4 Å². The molecule has 0 aliphatic heterocycles. The highest BCUT2D eigenvalue weighted by molar-refractivity contribution is 7.99. The van der Waals surface area contributed by atoms with Crippen LogP contribution in [0.5, 0.6) is 0 Å². The fourth-order valence-electron chi connectivity index (χ4n) is 3.76. The van der Waals surface area contributed by atoms with E-state index in [1.165, 1.54) is 17.3 Å². The number of rotatable bonds is 8. The lowest BCUT2D eigenvalue weighted by molar-refractivity contribution is -0.113. The van der Waals surface area contributed by atoms with Gasteiger partial charge in [-0.2, -0.15) is 0 Å². The van der Waals surface area contributed by atoms with Crippen LogP contribution in [-0.2, 0) is 11.3 Å². The van der Waals surface area contributed by atoms with Gasteiger partial charge < -0.3 is 15.2 Å². The Morgan fingerprint density at radius 2 is 1.64 bits per heavy atom. The van der Waals surface area contributed by atoms with Crippen molar-refractivity contribution < 1.29 is 9.59 Å². The van der Waals surface area contributed by atoms with Crippen LogP contribution < -0.4 is 10.6 Å². The Hall–Kier alpha value is -3.13. The summed E-state index contributed by atoms with van der Waals surface area (Å²) in [7, 11) is 0. The Morgan fingerprint density at radius 1 is 1.00 bits per heavy atom. The van der Waals surface area contributed by atoms with Crippen LogP contribution in [0.4, 0.5) is 5.69 Å². The summed E-state index contributed by atoms with van der Waals surface area (Å²) in [6.45, 7) is 12.5. The number of amides is 2. The summed E-state index contributed by atoms with van der Waals surface area (Å²) in [5, 5.41) is 15.2. The van der Waals surface area contributed by atoms with E-state index in [1.54, 1.807) is 12.1 Å². The standard InChI is InChI=1S/C25H31N5O2S/c1-7-30-23(19(6)26-24(32)20-10-8-15(2)9-11-20)28-29-25(30)33-14-21(31)27-22-17(4)12-16(3)13-18(22)5/h8-13,19H,7,14H2,1-6H3,(H,26,32)(H,27,31)/t19-/m1/s1. The number of aromatic nitrogens is 3. The van der Waals surface area contributed by atoms with E-state index < -0.39 is 0 Å². The lowest BCUT2D eigenvalue weighted by atomic mass is 10.1. The number of hydrogen-bond donors (Lipinski definition) is 2. The third kappa shape index (κ3) is 6.01. The van der Waals surface area contributed by atoms with E-state index in [4.69, 9.17) is 0 Å². The van der Waals surface area contributed by atoms with Gasteiger partial charge in [0.2, 0.25) is 5.91 Å². The largest absolute Gasteiger partial charge is 0.342 e. The number of anilines is 1. The quantitative estimate of drug-likeness (QED) is 0.469. The molecule has 0 saturated heterocycles. The van der Waals surface area contributed by atoms with Crippen molar-refractivity contribution >= 4 is 29.3 Å². The van der Waals surface area contributed by atoms with Crippen LogP contribution in [0.25, 0.3) is 0 Å². The fraction of sp³-hybridized carbons (Fsp3) is 0.360. The highest BCUT2D eigenvalue weighted by Gasteiger charge is 2.20. The van der Waals surface area contributed by atoms with Crippen molar-refractivity contribution in [3.63, 3.8) is 0 Å². The predicted molar refractivity (Wildman–Crippen MR) is 133 cm³/mol. The minimum atomic E-state index is -0.327. The third-order valence-corrected chi connectivity index (χ3v) is 6.35. The molecule has 0 bridgehead atoms. The molecule has 3 rings (SSSR count). The first-order valence-corrected chi connectivity index (χ1v) is 12.0. The Bertz CT molecular complexity index is 1130. The summed E-state index contributed by atoms with van der Waals surface area (Å²) in [6, 6.07) is 11.2. The van der Waals surface area contributed by atoms with Gasteiger partial charge in [0.25, 0.3) is 5.91 Å². The van der Waals surface area contributed by atoms with Crippen molar-refractivity contribution in [2.24, 2.45) is 0 Å². The first-order chi connectivity index (χ1) is 15.7. The zero-order valence-corrected chi connectivity index (χ0v) is 20.8. The Labute approximate surface area is 199 Å². The molecule has 8 heteroatoms. The average molecular weight is 466 g/mol. The van der Waals surface area contributed by atoms with Crippen LogP contribution in [0, 0.1) is 27.7 Å². The van der Waals surface area contributed by atoms with E-state index >= 15 is 0 Å². The summed E-state index contributed by atoms with van der Waals surface area (Å²) in [5.74, 6) is 0.620. The van der Waals surface area contributed by atoms with Crippen molar-refractivity contribution in [2.75, 3.05) is 11.1 Å². The molecule has 2 amide bonds. The molecule has 1 atom stereocenters. The van der Waals surface area contributed by atoms with Crippen LogP contribution in [0.15, 0.2) is 41.6 Å². The number of carbonyl (C=O) groups excluding carboxylic acids is 2. The molecule has 3 aromatic rings. The zero-order valence-electron chi connectivity index (χ0n) is 20.0. The maximum atomic E-state index is 12.6. The topological polar surface area (TPSA) is 88.9 Å². The molecule has 0 saturated carbocycles. The van der Waals surface area contributed by atoms with E-state index in [1.807, 2.05) is 58.2 Å². The van der Waals surface area contributed by atoms with Crippen LogP contribution in [0.3, 0.4) is 0 Å². The van der Waals surface area contributed by atoms with Gasteiger partial charge in [-0.25, -0.2) is 0 Å². The molecular weight excluding hydrogens is 434 g/mol. The Kier molecular flexibility index (Phi) is 7.92. The molecule has 0 spiro atoms. The second-order valence-electron chi connectivity index (χ2n) is 8.26. The lowest BCUT2D eigenvalue weighted by Gasteiger charge is -2.15. The molecule has 7 nitrogen and oxygen atoms in total. The summed E-state index contributed by atoms with van der Waals surface area (Å²) in [5.41, 5.74) is 5.82. The molecule has 0 radical (unpaired) electrons. The number of hydrogen-bond acceptors (Lipinski definition) is 5. The summed E-state index contributed by atoms with van der Waals surface area (Å²) in [6.07, 6.45) is 0. The molecule has 0 fully saturated rings. The molecule has 2 N–H and O–H groups in total. The van der Waals surface area contributed by atoms with Crippen LogP contribution in [0.2, 0.25) is 0 Å². The van der Waals surface area contributed by atoms with Gasteiger partial charge in [0.1, 0.15) is 0 Å². The molecule has 2 aromatic carbocycles. The molecule has 0 aliphatic carbocycles. The van der Waals surface area contributed by atoms with E-state index in [2.05, 4.69) is 33.0 Å². The Morgan fingerprint density at radius 3 is 2.24 bits per heavy atom. The molecule has 1 heterocycles. The number of thioether (sulfide) groups is 1.